The van der Waals surface area contributed by atoms with Gasteiger partial charge in [-0.15, -0.1) is 0 Å². The van der Waals surface area contributed by atoms with Gasteiger partial charge in [0, 0.05) is 11.3 Å². The fraction of sp³-hybridized carbons (Fsp3) is 0.900. The molecule has 0 aromatic heterocycles. The summed E-state index contributed by atoms with van der Waals surface area (Å²) in [5.41, 5.74) is 5.38. The summed E-state index contributed by atoms with van der Waals surface area (Å²) < 4.78 is 0. The smallest absolute Gasteiger partial charge is 0.131 e. The van der Waals surface area contributed by atoms with Crippen LogP contribution in [0, 0.1) is 16.7 Å². The quantitative estimate of drug-likeness (QED) is 0.425. The molecule has 0 aromatic carbocycles. The van der Waals surface area contributed by atoms with Crippen LogP contribution in [0.1, 0.15) is 33.6 Å². The average Bonchev–Trinajstić information content (AvgIpc) is 2.32. The van der Waals surface area contributed by atoms with Gasteiger partial charge in [-0.3, -0.25) is 0 Å². The molecule has 74 valence electrons. The Hall–Kier alpha value is -0.570. The Morgan fingerprint density at radius 2 is 2.08 bits per heavy atom. The standard InChI is InChI=1S/C10H18N2O/c1-9(2)6-4-5-10(9,3)8(12-13)7(6)11/h6-7,13H,4-5,11H2,1-3H3/p+1/b12-8-/t6-,7+,10-/m0/s1. The van der Waals surface area contributed by atoms with Crippen LogP contribution in [0.2, 0.25) is 0 Å². The number of oxime groups is 1. The maximum absolute atomic E-state index is 9.00. The van der Waals surface area contributed by atoms with Gasteiger partial charge in [0.15, 0.2) is 0 Å². The Morgan fingerprint density at radius 3 is 2.38 bits per heavy atom. The van der Waals surface area contributed by atoms with Gasteiger partial charge in [-0.1, -0.05) is 25.9 Å². The predicted octanol–water partition coefficient (Wildman–Crippen LogP) is 0.883. The van der Waals surface area contributed by atoms with E-state index in [9.17, 15) is 0 Å². The summed E-state index contributed by atoms with van der Waals surface area (Å²) in [7, 11) is 0. The van der Waals surface area contributed by atoms with E-state index in [-0.39, 0.29) is 16.9 Å². The number of nitrogens with zero attached hydrogens (tertiary/aromatic N) is 1. The van der Waals surface area contributed by atoms with Crippen LogP contribution in [0.4, 0.5) is 0 Å². The van der Waals surface area contributed by atoms with E-state index < -0.39 is 0 Å². The van der Waals surface area contributed by atoms with Crippen molar-refractivity contribution in [2.24, 2.45) is 21.9 Å². The Labute approximate surface area is 79.0 Å². The van der Waals surface area contributed by atoms with Crippen molar-refractivity contribution in [2.75, 3.05) is 0 Å². The van der Waals surface area contributed by atoms with Gasteiger partial charge in [-0.05, 0) is 18.3 Å². The number of fused-ring (bicyclic) bond motifs is 2. The van der Waals surface area contributed by atoms with Gasteiger partial charge in [0.1, 0.15) is 11.8 Å². The lowest BCUT2D eigenvalue weighted by Gasteiger charge is -2.32. The predicted molar refractivity (Wildman–Crippen MR) is 50.5 cm³/mol. The topological polar surface area (TPSA) is 60.2 Å². The van der Waals surface area contributed by atoms with Crippen LogP contribution in [-0.4, -0.2) is 17.0 Å². The number of quaternary nitrogens is 1. The van der Waals surface area contributed by atoms with Crippen LogP contribution in [0.15, 0.2) is 5.16 Å². The van der Waals surface area contributed by atoms with Crippen molar-refractivity contribution < 1.29 is 10.9 Å². The van der Waals surface area contributed by atoms with E-state index in [1.54, 1.807) is 0 Å². The summed E-state index contributed by atoms with van der Waals surface area (Å²) >= 11 is 0. The van der Waals surface area contributed by atoms with Gasteiger partial charge in [0.2, 0.25) is 0 Å². The summed E-state index contributed by atoms with van der Waals surface area (Å²) in [5, 5.41) is 12.5. The first-order chi connectivity index (χ1) is 5.95. The Bertz CT molecular complexity index is 272. The Morgan fingerprint density at radius 1 is 1.46 bits per heavy atom. The molecule has 0 amide bonds. The van der Waals surface area contributed by atoms with E-state index in [0.717, 1.165) is 12.1 Å². The first-order valence-corrected chi connectivity index (χ1v) is 5.00. The molecule has 3 heteroatoms. The number of rotatable bonds is 0. The highest BCUT2D eigenvalue weighted by molar-refractivity contribution is 5.97. The third-order valence-electron chi connectivity index (χ3n) is 4.81. The Balaban J connectivity index is 2.52. The average molecular weight is 183 g/mol. The molecule has 0 saturated heterocycles. The normalized spacial score (nSPS) is 50.3. The van der Waals surface area contributed by atoms with E-state index >= 15 is 0 Å². The lowest BCUT2D eigenvalue weighted by atomic mass is 9.70. The summed E-state index contributed by atoms with van der Waals surface area (Å²) in [6.07, 6.45) is 2.38. The zero-order chi connectivity index (χ0) is 9.85. The molecule has 0 radical (unpaired) electrons. The summed E-state index contributed by atoms with van der Waals surface area (Å²) in [4.78, 5) is 0. The van der Waals surface area contributed by atoms with Crippen LogP contribution in [0.25, 0.3) is 0 Å². The van der Waals surface area contributed by atoms with Crippen molar-refractivity contribution in [3.05, 3.63) is 0 Å². The third-order valence-corrected chi connectivity index (χ3v) is 4.81. The molecule has 0 unspecified atom stereocenters. The van der Waals surface area contributed by atoms with Gasteiger partial charge >= 0.3 is 0 Å². The molecule has 2 bridgehead atoms. The molecule has 13 heavy (non-hydrogen) atoms. The maximum atomic E-state index is 9.00. The lowest BCUT2D eigenvalue weighted by molar-refractivity contribution is -0.409. The van der Waals surface area contributed by atoms with Crippen molar-refractivity contribution in [3.63, 3.8) is 0 Å². The molecule has 4 N–H and O–H groups in total. The first kappa shape index (κ1) is 9.00. The Kier molecular flexibility index (Phi) is 1.57. The minimum atomic E-state index is 0.0822. The fourth-order valence-corrected chi connectivity index (χ4v) is 3.48. The fourth-order valence-electron chi connectivity index (χ4n) is 3.48. The number of hydrogen-bond acceptors (Lipinski definition) is 2. The zero-order valence-electron chi connectivity index (χ0n) is 8.67. The molecule has 2 aliphatic carbocycles. The van der Waals surface area contributed by atoms with E-state index in [2.05, 4.69) is 31.7 Å². The molecule has 0 heterocycles. The SMILES string of the molecule is CC1(C)[C@H]2CC[C@@]1(C)/C(=N\O)[C@@H]2[NH3+]. The summed E-state index contributed by atoms with van der Waals surface area (Å²) in [6.45, 7) is 6.77. The van der Waals surface area contributed by atoms with Crippen LogP contribution >= 0.6 is 0 Å². The van der Waals surface area contributed by atoms with Gasteiger partial charge < -0.3 is 10.9 Å². The maximum Gasteiger partial charge on any atom is 0.131 e. The molecule has 2 aliphatic rings. The third kappa shape index (κ3) is 0.766. The molecule has 2 fully saturated rings. The second-order valence-corrected chi connectivity index (χ2v) is 5.29. The molecule has 0 aromatic rings. The van der Waals surface area contributed by atoms with Crippen molar-refractivity contribution in [2.45, 2.75) is 39.7 Å². The minimum Gasteiger partial charge on any atom is -0.411 e. The van der Waals surface area contributed by atoms with E-state index in [4.69, 9.17) is 5.21 Å². The van der Waals surface area contributed by atoms with Crippen LogP contribution in [-0.2, 0) is 0 Å². The van der Waals surface area contributed by atoms with Crippen LogP contribution in [0.3, 0.4) is 0 Å². The molecular formula is C10H19N2O+. The van der Waals surface area contributed by atoms with E-state index in [1.165, 1.54) is 6.42 Å². The monoisotopic (exact) mass is 183 g/mol. The van der Waals surface area contributed by atoms with Crippen molar-refractivity contribution >= 4 is 5.71 Å². The molecule has 3 atom stereocenters. The second-order valence-electron chi connectivity index (χ2n) is 5.29. The minimum absolute atomic E-state index is 0.0822. The van der Waals surface area contributed by atoms with Crippen molar-refractivity contribution in [3.8, 4) is 0 Å². The highest BCUT2D eigenvalue weighted by Gasteiger charge is 2.66. The van der Waals surface area contributed by atoms with Crippen LogP contribution in [0.5, 0.6) is 0 Å². The summed E-state index contributed by atoms with van der Waals surface area (Å²) in [5.74, 6) is 0.600. The highest BCUT2D eigenvalue weighted by Crippen LogP contribution is 2.63. The molecule has 2 saturated carbocycles. The van der Waals surface area contributed by atoms with Gasteiger partial charge in [-0.2, -0.15) is 0 Å². The van der Waals surface area contributed by atoms with Gasteiger partial charge in [0.05, 0.1) is 0 Å². The highest BCUT2D eigenvalue weighted by atomic mass is 16.4. The molecule has 0 aliphatic heterocycles. The molecule has 3 nitrogen and oxygen atoms in total. The molecule has 0 spiro atoms. The van der Waals surface area contributed by atoms with Gasteiger partial charge in [0.25, 0.3) is 0 Å². The van der Waals surface area contributed by atoms with Crippen molar-refractivity contribution in [1.29, 1.82) is 0 Å². The lowest BCUT2D eigenvalue weighted by Crippen LogP contribution is -2.68. The largest absolute Gasteiger partial charge is 0.411 e. The van der Waals surface area contributed by atoms with Gasteiger partial charge in [-0.25, -0.2) is 0 Å². The van der Waals surface area contributed by atoms with Crippen molar-refractivity contribution in [1.82, 2.24) is 0 Å². The second kappa shape index (κ2) is 2.27. The zero-order valence-corrected chi connectivity index (χ0v) is 8.67. The van der Waals surface area contributed by atoms with E-state index in [1.807, 2.05) is 0 Å². The summed E-state index contributed by atoms with van der Waals surface area (Å²) in [6, 6.07) is 0.221. The first-order valence-electron chi connectivity index (χ1n) is 5.00. The molecular weight excluding hydrogens is 164 g/mol. The van der Waals surface area contributed by atoms with E-state index in [0.29, 0.717) is 5.92 Å². The number of hydrogen-bond donors (Lipinski definition) is 2. The molecule has 2 rings (SSSR count). The van der Waals surface area contributed by atoms with Crippen LogP contribution < -0.4 is 5.73 Å².